The summed E-state index contributed by atoms with van der Waals surface area (Å²) >= 11 is 0. The quantitative estimate of drug-likeness (QED) is 0.597. The van der Waals surface area contributed by atoms with Crippen molar-refractivity contribution in [1.82, 2.24) is 5.32 Å². The first kappa shape index (κ1) is 12.5. The van der Waals surface area contributed by atoms with Crippen molar-refractivity contribution in [3.63, 3.8) is 0 Å². The molecule has 0 saturated heterocycles. The summed E-state index contributed by atoms with van der Waals surface area (Å²) in [6.07, 6.45) is 6.88. The van der Waals surface area contributed by atoms with Gasteiger partial charge in [0, 0.05) is 12.1 Å². The Morgan fingerprint density at radius 2 is 1.87 bits per heavy atom. The van der Waals surface area contributed by atoms with Crippen LogP contribution >= 0.6 is 0 Å². The van der Waals surface area contributed by atoms with E-state index in [0.717, 1.165) is 12.8 Å². The van der Waals surface area contributed by atoms with Gasteiger partial charge in [-0.1, -0.05) is 25.7 Å². The number of carbonyl (C=O) groups is 1. The predicted molar refractivity (Wildman–Crippen MR) is 61.3 cm³/mol. The minimum Gasteiger partial charge on any atom is -0.353 e. The third kappa shape index (κ3) is 4.18. The van der Waals surface area contributed by atoms with Crippen molar-refractivity contribution in [2.75, 3.05) is 6.54 Å². The fraction of sp³-hybridized carbons (Fsp3) is 0.909. The first-order valence-electron chi connectivity index (χ1n) is 5.86. The van der Waals surface area contributed by atoms with Gasteiger partial charge in [0.1, 0.15) is 0 Å². The van der Waals surface area contributed by atoms with E-state index >= 15 is 0 Å². The topological polar surface area (TPSA) is 81.1 Å². The van der Waals surface area contributed by atoms with Gasteiger partial charge in [-0.05, 0) is 19.8 Å². The van der Waals surface area contributed by atoms with Gasteiger partial charge in [0.15, 0.2) is 0 Å². The standard InChI is InChI=1S/C11H23N3O/c1-9(12)10(15)14-8-11(13)6-4-2-3-5-7-11/h9H,2-8,12-13H2,1H3,(H,14,15)/t9-/m1/s1. The van der Waals surface area contributed by atoms with Crippen molar-refractivity contribution >= 4 is 5.91 Å². The fourth-order valence-corrected chi connectivity index (χ4v) is 2.03. The SMILES string of the molecule is C[C@@H](N)C(=O)NCC1(N)CCCCCC1. The molecule has 4 nitrogen and oxygen atoms in total. The molecule has 15 heavy (non-hydrogen) atoms. The van der Waals surface area contributed by atoms with Crippen LogP contribution < -0.4 is 16.8 Å². The maximum Gasteiger partial charge on any atom is 0.236 e. The maximum absolute atomic E-state index is 11.3. The van der Waals surface area contributed by atoms with Crippen LogP contribution in [-0.4, -0.2) is 24.0 Å². The summed E-state index contributed by atoms with van der Waals surface area (Å²) < 4.78 is 0. The minimum absolute atomic E-state index is 0.107. The molecule has 4 heteroatoms. The van der Waals surface area contributed by atoms with Gasteiger partial charge in [-0.25, -0.2) is 0 Å². The van der Waals surface area contributed by atoms with Gasteiger partial charge < -0.3 is 16.8 Å². The van der Waals surface area contributed by atoms with Crippen molar-refractivity contribution < 1.29 is 4.79 Å². The van der Waals surface area contributed by atoms with E-state index in [1.807, 2.05) is 0 Å². The van der Waals surface area contributed by atoms with Crippen LogP contribution in [0.25, 0.3) is 0 Å². The highest BCUT2D eigenvalue weighted by Crippen LogP contribution is 2.24. The molecule has 0 heterocycles. The van der Waals surface area contributed by atoms with Crippen LogP contribution in [0.4, 0.5) is 0 Å². The Morgan fingerprint density at radius 1 is 1.33 bits per heavy atom. The second-order valence-electron chi connectivity index (χ2n) is 4.78. The molecule has 1 atom stereocenters. The molecule has 0 aliphatic heterocycles. The van der Waals surface area contributed by atoms with Gasteiger partial charge in [-0.15, -0.1) is 0 Å². The molecule has 0 unspecified atom stereocenters. The molecule has 1 aliphatic rings. The highest BCUT2D eigenvalue weighted by atomic mass is 16.2. The summed E-state index contributed by atoms with van der Waals surface area (Å²) in [4.78, 5) is 11.3. The van der Waals surface area contributed by atoms with Crippen LogP contribution in [0.5, 0.6) is 0 Å². The average molecular weight is 213 g/mol. The molecule has 1 saturated carbocycles. The lowest BCUT2D eigenvalue weighted by molar-refractivity contribution is -0.122. The van der Waals surface area contributed by atoms with E-state index in [1.165, 1.54) is 25.7 Å². The Hall–Kier alpha value is -0.610. The lowest BCUT2D eigenvalue weighted by Crippen LogP contribution is -2.52. The molecule has 0 aromatic carbocycles. The molecule has 0 aromatic rings. The van der Waals surface area contributed by atoms with Crippen molar-refractivity contribution in [2.45, 2.75) is 57.0 Å². The van der Waals surface area contributed by atoms with E-state index in [1.54, 1.807) is 6.92 Å². The molecule has 1 aliphatic carbocycles. The van der Waals surface area contributed by atoms with E-state index < -0.39 is 6.04 Å². The van der Waals surface area contributed by atoms with Gasteiger partial charge in [0.05, 0.1) is 6.04 Å². The third-order valence-corrected chi connectivity index (χ3v) is 3.13. The Bertz CT molecular complexity index is 208. The normalized spacial score (nSPS) is 22.9. The lowest BCUT2D eigenvalue weighted by atomic mass is 9.91. The molecule has 0 aromatic heterocycles. The van der Waals surface area contributed by atoms with Crippen LogP contribution in [0.1, 0.15) is 45.4 Å². The summed E-state index contributed by atoms with van der Waals surface area (Å²) in [6, 6.07) is -0.445. The molecule has 88 valence electrons. The lowest BCUT2D eigenvalue weighted by Gasteiger charge is -2.28. The highest BCUT2D eigenvalue weighted by Gasteiger charge is 2.26. The minimum atomic E-state index is -0.445. The molecule has 0 radical (unpaired) electrons. The highest BCUT2D eigenvalue weighted by molar-refractivity contribution is 5.81. The largest absolute Gasteiger partial charge is 0.353 e. The Labute approximate surface area is 91.8 Å². The zero-order valence-corrected chi connectivity index (χ0v) is 9.59. The van der Waals surface area contributed by atoms with Gasteiger partial charge in [0.25, 0.3) is 0 Å². The maximum atomic E-state index is 11.3. The van der Waals surface area contributed by atoms with Crippen molar-refractivity contribution in [3.05, 3.63) is 0 Å². The Kier molecular flexibility index (Phi) is 4.54. The smallest absolute Gasteiger partial charge is 0.236 e. The van der Waals surface area contributed by atoms with Gasteiger partial charge in [-0.3, -0.25) is 4.79 Å². The van der Waals surface area contributed by atoms with E-state index in [4.69, 9.17) is 11.5 Å². The van der Waals surface area contributed by atoms with Crippen LogP contribution in [0.3, 0.4) is 0 Å². The summed E-state index contributed by atoms with van der Waals surface area (Å²) in [6.45, 7) is 2.25. The number of hydrogen-bond donors (Lipinski definition) is 3. The van der Waals surface area contributed by atoms with Crippen LogP contribution in [-0.2, 0) is 4.79 Å². The molecule has 1 amide bonds. The summed E-state index contributed by atoms with van der Waals surface area (Å²) in [7, 11) is 0. The number of hydrogen-bond acceptors (Lipinski definition) is 3. The van der Waals surface area contributed by atoms with E-state index in [-0.39, 0.29) is 11.4 Å². The molecule has 1 rings (SSSR count). The second-order valence-corrected chi connectivity index (χ2v) is 4.78. The van der Waals surface area contributed by atoms with Gasteiger partial charge in [0.2, 0.25) is 5.91 Å². The van der Waals surface area contributed by atoms with E-state index in [2.05, 4.69) is 5.32 Å². The molecule has 5 N–H and O–H groups in total. The molecule has 1 fully saturated rings. The number of carbonyl (C=O) groups excluding carboxylic acids is 1. The molecular weight excluding hydrogens is 190 g/mol. The zero-order valence-electron chi connectivity index (χ0n) is 9.59. The van der Waals surface area contributed by atoms with Gasteiger partial charge in [-0.2, -0.15) is 0 Å². The Balaban J connectivity index is 2.37. The first-order valence-corrected chi connectivity index (χ1v) is 5.86. The summed E-state index contributed by atoms with van der Waals surface area (Å²) in [5.74, 6) is -0.107. The fourth-order valence-electron chi connectivity index (χ4n) is 2.03. The van der Waals surface area contributed by atoms with Crippen LogP contribution in [0, 0.1) is 0 Å². The second kappa shape index (κ2) is 5.47. The Morgan fingerprint density at radius 3 is 2.33 bits per heavy atom. The summed E-state index contributed by atoms with van der Waals surface area (Å²) in [5.41, 5.74) is 11.5. The van der Waals surface area contributed by atoms with Crippen LogP contribution in [0.2, 0.25) is 0 Å². The predicted octanol–water partition coefficient (Wildman–Crippen LogP) is 0.502. The van der Waals surface area contributed by atoms with Crippen LogP contribution in [0.15, 0.2) is 0 Å². The molecular formula is C11H23N3O. The van der Waals surface area contributed by atoms with E-state index in [9.17, 15) is 4.79 Å². The summed E-state index contributed by atoms with van der Waals surface area (Å²) in [5, 5.41) is 2.83. The average Bonchev–Trinajstić information content (AvgIpc) is 2.40. The molecule has 0 bridgehead atoms. The monoisotopic (exact) mass is 213 g/mol. The van der Waals surface area contributed by atoms with E-state index in [0.29, 0.717) is 6.54 Å². The number of nitrogens with two attached hydrogens (primary N) is 2. The number of nitrogens with one attached hydrogen (secondary N) is 1. The number of rotatable bonds is 3. The third-order valence-electron chi connectivity index (χ3n) is 3.13. The first-order chi connectivity index (χ1) is 7.03. The van der Waals surface area contributed by atoms with Crippen molar-refractivity contribution in [3.8, 4) is 0 Å². The van der Waals surface area contributed by atoms with Gasteiger partial charge >= 0.3 is 0 Å². The number of amides is 1. The zero-order chi connectivity index (χ0) is 11.3. The van der Waals surface area contributed by atoms with Crippen molar-refractivity contribution in [1.29, 1.82) is 0 Å². The molecule has 0 spiro atoms. The van der Waals surface area contributed by atoms with Crippen molar-refractivity contribution in [2.24, 2.45) is 11.5 Å².